The van der Waals surface area contributed by atoms with E-state index in [2.05, 4.69) is 5.10 Å². The number of carbonyl (C=O) groups is 2. The fraction of sp³-hybridized carbons (Fsp3) is 0.211. The maximum absolute atomic E-state index is 12.8. The summed E-state index contributed by atoms with van der Waals surface area (Å²) in [5.74, 6) is -0.471. The van der Waals surface area contributed by atoms with E-state index in [1.54, 1.807) is 29.6 Å². The first kappa shape index (κ1) is 17.7. The van der Waals surface area contributed by atoms with Gasteiger partial charge < -0.3 is 9.15 Å². The number of carbonyl (C=O) groups excluding carboxylic acids is 2. The van der Waals surface area contributed by atoms with Gasteiger partial charge in [-0.2, -0.15) is 5.10 Å². The predicted molar refractivity (Wildman–Crippen MR) is 103 cm³/mol. The lowest BCUT2D eigenvalue weighted by molar-refractivity contribution is -0.136. The summed E-state index contributed by atoms with van der Waals surface area (Å²) < 4.78 is 10.3. The smallest absolute Gasteiger partial charge is 0.342 e. The number of hydrogen-bond donors (Lipinski definition) is 0. The maximum Gasteiger partial charge on any atom is 0.342 e. The predicted octanol–water partition coefficient (Wildman–Crippen LogP) is 4.25. The van der Waals surface area contributed by atoms with Gasteiger partial charge in [-0.05, 0) is 35.9 Å². The Kier molecular flexibility index (Phi) is 4.91. The van der Waals surface area contributed by atoms with Gasteiger partial charge in [0, 0.05) is 11.3 Å². The Bertz CT molecular complexity index is 973. The summed E-state index contributed by atoms with van der Waals surface area (Å²) in [4.78, 5) is 27.0. The van der Waals surface area contributed by atoms with Crippen molar-refractivity contribution in [2.24, 2.45) is 5.10 Å². The second kappa shape index (κ2) is 7.50. The van der Waals surface area contributed by atoms with E-state index in [0.29, 0.717) is 17.7 Å². The number of furan rings is 1. The Balaban J connectivity index is 1.50. The number of thiophene rings is 2. The molecule has 138 valence electrons. The SMILES string of the molecule is Cc1occc1C(=O)OCC(=O)N1N=C(c2cccs2)C[C@H]1c1cccs1. The van der Waals surface area contributed by atoms with E-state index in [1.807, 2.05) is 35.0 Å². The quantitative estimate of drug-likeness (QED) is 0.601. The minimum atomic E-state index is -0.580. The molecule has 0 saturated carbocycles. The maximum atomic E-state index is 12.8. The number of ether oxygens (including phenoxy) is 1. The summed E-state index contributed by atoms with van der Waals surface area (Å²) in [6.45, 7) is 1.30. The van der Waals surface area contributed by atoms with E-state index < -0.39 is 5.97 Å². The molecule has 1 amide bonds. The van der Waals surface area contributed by atoms with Crippen molar-refractivity contribution in [3.8, 4) is 0 Å². The zero-order valence-electron chi connectivity index (χ0n) is 14.5. The third-order valence-corrected chi connectivity index (χ3v) is 6.14. The number of hydrazone groups is 1. The summed E-state index contributed by atoms with van der Waals surface area (Å²) >= 11 is 3.17. The van der Waals surface area contributed by atoms with Gasteiger partial charge in [-0.3, -0.25) is 4.79 Å². The lowest BCUT2D eigenvalue weighted by atomic mass is 10.1. The standard InChI is InChI=1S/C19H16N2O4S2/c1-12-13(6-7-24-12)19(23)25-11-18(22)21-15(17-5-3-9-27-17)10-14(20-21)16-4-2-8-26-16/h2-9,15H,10-11H2,1H3/t15-/m0/s1. The molecule has 6 nitrogen and oxygen atoms in total. The topological polar surface area (TPSA) is 72.1 Å². The average Bonchev–Trinajstić information content (AvgIpc) is 3.45. The zero-order valence-corrected chi connectivity index (χ0v) is 16.1. The molecule has 8 heteroatoms. The van der Waals surface area contributed by atoms with Crippen molar-refractivity contribution in [1.29, 1.82) is 0 Å². The van der Waals surface area contributed by atoms with Gasteiger partial charge in [0.2, 0.25) is 0 Å². The monoisotopic (exact) mass is 400 g/mol. The van der Waals surface area contributed by atoms with Crippen LogP contribution in [0, 0.1) is 6.92 Å². The Morgan fingerprint density at radius 2 is 2.07 bits per heavy atom. The molecule has 0 fully saturated rings. The normalized spacial score (nSPS) is 16.4. The van der Waals surface area contributed by atoms with E-state index >= 15 is 0 Å². The van der Waals surface area contributed by atoms with Crippen LogP contribution in [0.1, 0.15) is 38.3 Å². The molecule has 0 aromatic carbocycles. The van der Waals surface area contributed by atoms with E-state index in [-0.39, 0.29) is 18.6 Å². The Labute approximate surface area is 163 Å². The molecule has 0 aliphatic carbocycles. The van der Waals surface area contributed by atoms with Crippen molar-refractivity contribution in [2.75, 3.05) is 6.61 Å². The molecular weight excluding hydrogens is 384 g/mol. The second-order valence-electron chi connectivity index (χ2n) is 5.96. The van der Waals surface area contributed by atoms with Gasteiger partial charge in [0.1, 0.15) is 11.3 Å². The van der Waals surface area contributed by atoms with Crippen LogP contribution >= 0.6 is 22.7 Å². The minimum Gasteiger partial charge on any atom is -0.469 e. The highest BCUT2D eigenvalue weighted by Crippen LogP contribution is 2.35. The van der Waals surface area contributed by atoms with Crippen LogP contribution in [0.3, 0.4) is 0 Å². The molecule has 1 aliphatic heterocycles. The molecule has 0 bridgehead atoms. The summed E-state index contributed by atoms with van der Waals surface area (Å²) in [5, 5.41) is 9.93. The van der Waals surface area contributed by atoms with Crippen LogP contribution in [-0.4, -0.2) is 29.2 Å². The largest absolute Gasteiger partial charge is 0.469 e. The zero-order chi connectivity index (χ0) is 18.8. The molecule has 3 aromatic heterocycles. The molecule has 1 atom stereocenters. The number of nitrogens with zero attached hydrogens (tertiary/aromatic N) is 2. The number of amides is 1. The minimum absolute atomic E-state index is 0.177. The average molecular weight is 400 g/mol. The van der Waals surface area contributed by atoms with Crippen molar-refractivity contribution in [3.63, 3.8) is 0 Å². The molecule has 0 saturated heterocycles. The first-order chi connectivity index (χ1) is 13.1. The van der Waals surface area contributed by atoms with Crippen LogP contribution in [0.2, 0.25) is 0 Å². The summed E-state index contributed by atoms with van der Waals surface area (Å²) in [7, 11) is 0. The van der Waals surface area contributed by atoms with Crippen molar-refractivity contribution in [2.45, 2.75) is 19.4 Å². The third-order valence-electron chi connectivity index (χ3n) is 4.25. The Hall–Kier alpha value is -2.71. The van der Waals surface area contributed by atoms with Crippen LogP contribution in [0.25, 0.3) is 0 Å². The van der Waals surface area contributed by atoms with Crippen LogP contribution in [0.5, 0.6) is 0 Å². The lowest BCUT2D eigenvalue weighted by Gasteiger charge is -2.20. The van der Waals surface area contributed by atoms with Crippen molar-refractivity contribution < 1.29 is 18.7 Å². The van der Waals surface area contributed by atoms with Crippen molar-refractivity contribution in [1.82, 2.24) is 5.01 Å². The third kappa shape index (κ3) is 3.58. The summed E-state index contributed by atoms with van der Waals surface area (Å²) in [6, 6.07) is 9.24. The molecule has 0 N–H and O–H groups in total. The van der Waals surface area contributed by atoms with Crippen LogP contribution in [-0.2, 0) is 9.53 Å². The van der Waals surface area contributed by atoms with E-state index in [0.717, 1.165) is 15.5 Å². The van der Waals surface area contributed by atoms with Crippen LogP contribution in [0.4, 0.5) is 0 Å². The molecule has 0 radical (unpaired) electrons. The number of rotatable bonds is 5. The molecule has 1 aliphatic rings. The van der Waals surface area contributed by atoms with Crippen molar-refractivity contribution >= 4 is 40.3 Å². The number of hydrogen-bond acceptors (Lipinski definition) is 7. The fourth-order valence-electron chi connectivity index (χ4n) is 2.90. The molecule has 4 heterocycles. The Morgan fingerprint density at radius 1 is 1.26 bits per heavy atom. The van der Waals surface area contributed by atoms with Gasteiger partial charge in [0.05, 0.1) is 22.9 Å². The van der Waals surface area contributed by atoms with Gasteiger partial charge in [0.25, 0.3) is 5.91 Å². The first-order valence-electron chi connectivity index (χ1n) is 8.31. The lowest BCUT2D eigenvalue weighted by Crippen LogP contribution is -2.31. The van der Waals surface area contributed by atoms with Gasteiger partial charge >= 0.3 is 5.97 Å². The molecular formula is C19H16N2O4S2. The molecule has 4 rings (SSSR count). The van der Waals surface area contributed by atoms with E-state index in [4.69, 9.17) is 9.15 Å². The summed E-state index contributed by atoms with van der Waals surface area (Å²) in [5.41, 5.74) is 1.19. The summed E-state index contributed by atoms with van der Waals surface area (Å²) in [6.07, 6.45) is 2.06. The van der Waals surface area contributed by atoms with Gasteiger partial charge in [-0.25, -0.2) is 9.80 Å². The molecule has 0 spiro atoms. The van der Waals surface area contributed by atoms with Gasteiger partial charge in [-0.1, -0.05) is 12.1 Å². The molecule has 0 unspecified atom stereocenters. The van der Waals surface area contributed by atoms with Gasteiger partial charge in [-0.15, -0.1) is 22.7 Å². The number of aryl methyl sites for hydroxylation is 1. The fourth-order valence-corrected chi connectivity index (χ4v) is 4.44. The Morgan fingerprint density at radius 3 is 2.74 bits per heavy atom. The van der Waals surface area contributed by atoms with E-state index in [1.165, 1.54) is 17.3 Å². The highest BCUT2D eigenvalue weighted by atomic mass is 32.1. The molecule has 3 aromatic rings. The molecule has 27 heavy (non-hydrogen) atoms. The second-order valence-corrected chi connectivity index (χ2v) is 7.89. The number of esters is 1. The van der Waals surface area contributed by atoms with Gasteiger partial charge in [0.15, 0.2) is 6.61 Å². The first-order valence-corrected chi connectivity index (χ1v) is 10.1. The van der Waals surface area contributed by atoms with Crippen molar-refractivity contribution in [3.05, 3.63) is 68.4 Å². The van der Waals surface area contributed by atoms with E-state index in [9.17, 15) is 9.59 Å². The highest BCUT2D eigenvalue weighted by Gasteiger charge is 2.34. The highest BCUT2D eigenvalue weighted by molar-refractivity contribution is 7.12. The van der Waals surface area contributed by atoms with Crippen LogP contribution < -0.4 is 0 Å². The van der Waals surface area contributed by atoms with Crippen LogP contribution in [0.15, 0.2) is 56.9 Å².